The van der Waals surface area contributed by atoms with E-state index >= 15 is 0 Å². The van der Waals surface area contributed by atoms with Gasteiger partial charge in [0.25, 0.3) is 11.8 Å². The Bertz CT molecular complexity index is 814. The van der Waals surface area contributed by atoms with Crippen LogP contribution < -0.4 is 0 Å². The number of hydrogen-bond donors (Lipinski definition) is 0. The van der Waals surface area contributed by atoms with Gasteiger partial charge in [-0.15, -0.1) is 0 Å². The molecule has 1 saturated heterocycles. The summed E-state index contributed by atoms with van der Waals surface area (Å²) in [5.41, 5.74) is 0.0515. The second kappa shape index (κ2) is 6.37. The molecule has 2 atom stereocenters. The molecule has 1 aromatic heterocycles. The van der Waals surface area contributed by atoms with Crippen molar-refractivity contribution >= 4 is 5.91 Å². The first-order chi connectivity index (χ1) is 11.5. The van der Waals surface area contributed by atoms with Crippen LogP contribution in [-0.4, -0.2) is 40.2 Å². The fourth-order valence-electron chi connectivity index (χ4n) is 2.73. The first-order valence-electron chi connectivity index (χ1n) is 7.43. The van der Waals surface area contributed by atoms with Crippen molar-refractivity contribution < 1.29 is 18.4 Å². The number of aromatic nitrogens is 2. The van der Waals surface area contributed by atoms with Crippen molar-refractivity contribution in [2.24, 2.45) is 0 Å². The number of hydrogen-bond acceptors (Lipinski definition) is 6. The number of amides is 1. The molecule has 124 valence electrons. The van der Waals surface area contributed by atoms with Crippen LogP contribution in [0.5, 0.6) is 0 Å². The molecule has 0 saturated carbocycles. The van der Waals surface area contributed by atoms with Gasteiger partial charge in [0.05, 0.1) is 18.3 Å². The molecular formula is C16H15FN4O3. The second-order valence-electron chi connectivity index (χ2n) is 5.51. The van der Waals surface area contributed by atoms with E-state index in [2.05, 4.69) is 10.1 Å². The number of aryl methyl sites for hydroxylation is 1. The van der Waals surface area contributed by atoms with Crippen molar-refractivity contribution in [1.29, 1.82) is 5.26 Å². The number of nitrogens with zero attached hydrogens (tertiary/aromatic N) is 4. The lowest BCUT2D eigenvalue weighted by Gasteiger charge is -2.37. The molecule has 0 radical (unpaired) electrons. The van der Waals surface area contributed by atoms with E-state index in [0.29, 0.717) is 19.0 Å². The van der Waals surface area contributed by atoms with E-state index < -0.39 is 11.9 Å². The third kappa shape index (κ3) is 2.86. The van der Waals surface area contributed by atoms with Crippen molar-refractivity contribution in [3.05, 3.63) is 46.9 Å². The van der Waals surface area contributed by atoms with Gasteiger partial charge in [-0.25, -0.2) is 4.39 Å². The molecule has 1 amide bonds. The predicted molar refractivity (Wildman–Crippen MR) is 79.3 cm³/mol. The highest BCUT2D eigenvalue weighted by molar-refractivity contribution is 5.95. The lowest BCUT2D eigenvalue weighted by Crippen LogP contribution is -2.47. The van der Waals surface area contributed by atoms with Crippen molar-refractivity contribution in [2.75, 3.05) is 13.2 Å². The molecule has 0 N–H and O–H groups in total. The Kier molecular flexibility index (Phi) is 4.27. The largest absolute Gasteiger partial charge is 0.374 e. The van der Waals surface area contributed by atoms with Crippen LogP contribution in [0, 0.1) is 24.1 Å². The molecule has 3 rings (SSSR count). The molecule has 1 fully saturated rings. The van der Waals surface area contributed by atoms with Gasteiger partial charge >= 0.3 is 0 Å². The Morgan fingerprint density at radius 3 is 2.96 bits per heavy atom. The molecular weight excluding hydrogens is 315 g/mol. The van der Waals surface area contributed by atoms with E-state index in [-0.39, 0.29) is 29.0 Å². The summed E-state index contributed by atoms with van der Waals surface area (Å²) in [5, 5.41) is 12.7. The molecule has 0 unspecified atom stereocenters. The van der Waals surface area contributed by atoms with Crippen LogP contribution in [0.25, 0.3) is 0 Å². The fourth-order valence-corrected chi connectivity index (χ4v) is 2.73. The van der Waals surface area contributed by atoms with Gasteiger partial charge in [0.2, 0.25) is 0 Å². The number of carbonyl (C=O) groups is 1. The summed E-state index contributed by atoms with van der Waals surface area (Å²) in [7, 11) is 0. The van der Waals surface area contributed by atoms with Gasteiger partial charge in [0.1, 0.15) is 17.9 Å². The quantitative estimate of drug-likeness (QED) is 0.836. The molecule has 24 heavy (non-hydrogen) atoms. The second-order valence-corrected chi connectivity index (χ2v) is 5.51. The van der Waals surface area contributed by atoms with Crippen LogP contribution in [0.3, 0.4) is 0 Å². The third-order valence-corrected chi connectivity index (χ3v) is 3.88. The fraction of sp³-hybridized carbons (Fsp3) is 0.375. The number of benzene rings is 1. The highest BCUT2D eigenvalue weighted by Gasteiger charge is 2.38. The van der Waals surface area contributed by atoms with E-state index in [1.54, 1.807) is 17.9 Å². The van der Waals surface area contributed by atoms with Crippen LogP contribution in [0.1, 0.15) is 40.6 Å². The summed E-state index contributed by atoms with van der Waals surface area (Å²) < 4.78 is 24.3. The third-order valence-electron chi connectivity index (χ3n) is 3.88. The van der Waals surface area contributed by atoms with Crippen molar-refractivity contribution in [1.82, 2.24) is 15.0 Å². The first-order valence-corrected chi connectivity index (χ1v) is 7.43. The maximum atomic E-state index is 13.5. The molecule has 7 nitrogen and oxygen atoms in total. The van der Waals surface area contributed by atoms with Gasteiger partial charge in [0, 0.05) is 12.1 Å². The van der Waals surface area contributed by atoms with Gasteiger partial charge < -0.3 is 14.2 Å². The van der Waals surface area contributed by atoms with Crippen LogP contribution in [-0.2, 0) is 4.74 Å². The SMILES string of the molecule is Cc1noc([C@@H]2[C@@H](C)OCCN2C(=O)c2ccc(F)c(C#N)c2)n1. The van der Waals surface area contributed by atoms with Crippen LogP contribution in [0.2, 0.25) is 0 Å². The van der Waals surface area contributed by atoms with Crippen molar-refractivity contribution in [3.63, 3.8) is 0 Å². The summed E-state index contributed by atoms with van der Waals surface area (Å²) in [6, 6.07) is 4.91. The van der Waals surface area contributed by atoms with Crippen LogP contribution >= 0.6 is 0 Å². The predicted octanol–water partition coefficient (Wildman–Crippen LogP) is 1.99. The zero-order valence-electron chi connectivity index (χ0n) is 13.2. The highest BCUT2D eigenvalue weighted by atomic mass is 19.1. The monoisotopic (exact) mass is 330 g/mol. The molecule has 0 bridgehead atoms. The standard InChI is InChI=1S/C16H15FN4O3/c1-9-14(15-19-10(2)20-24-15)21(5-6-23-9)16(22)11-3-4-13(17)12(7-11)8-18/h3-4,7,9,14H,5-6H2,1-2H3/t9-,14+/m1/s1. The zero-order chi connectivity index (χ0) is 17.3. The first kappa shape index (κ1) is 16.1. The van der Waals surface area contributed by atoms with E-state index in [0.717, 1.165) is 6.07 Å². The number of carbonyl (C=O) groups excluding carboxylic acids is 1. The molecule has 0 spiro atoms. The maximum Gasteiger partial charge on any atom is 0.254 e. The van der Waals surface area contributed by atoms with Crippen LogP contribution in [0.4, 0.5) is 4.39 Å². The molecule has 1 aliphatic rings. The molecule has 8 heteroatoms. The summed E-state index contributed by atoms with van der Waals surface area (Å²) >= 11 is 0. The minimum atomic E-state index is -0.659. The van der Waals surface area contributed by atoms with E-state index in [1.165, 1.54) is 12.1 Å². The van der Waals surface area contributed by atoms with Crippen molar-refractivity contribution in [3.8, 4) is 6.07 Å². The number of rotatable bonds is 2. The Morgan fingerprint density at radius 2 is 2.29 bits per heavy atom. The Labute approximate surface area is 137 Å². The lowest BCUT2D eigenvalue weighted by molar-refractivity contribution is -0.0600. The number of halogens is 1. The van der Waals surface area contributed by atoms with Gasteiger partial charge in [-0.1, -0.05) is 5.16 Å². The summed E-state index contributed by atoms with van der Waals surface area (Å²) in [5.74, 6) is -0.254. The Hall–Kier alpha value is -2.79. The zero-order valence-corrected chi connectivity index (χ0v) is 13.2. The van der Waals surface area contributed by atoms with Gasteiger partial charge in [-0.2, -0.15) is 10.2 Å². The highest BCUT2D eigenvalue weighted by Crippen LogP contribution is 2.30. The molecule has 2 aromatic rings. The smallest absolute Gasteiger partial charge is 0.254 e. The number of morpholine rings is 1. The topological polar surface area (TPSA) is 92.3 Å². The Morgan fingerprint density at radius 1 is 1.50 bits per heavy atom. The van der Waals surface area contributed by atoms with Crippen LogP contribution in [0.15, 0.2) is 22.7 Å². The molecule has 2 heterocycles. The summed E-state index contributed by atoms with van der Waals surface area (Å²) in [6.07, 6.45) is -0.335. The molecule has 1 aliphatic heterocycles. The lowest BCUT2D eigenvalue weighted by atomic mass is 10.0. The number of ether oxygens (including phenoxy) is 1. The van der Waals surface area contributed by atoms with E-state index in [4.69, 9.17) is 14.5 Å². The summed E-state index contributed by atoms with van der Waals surface area (Å²) in [4.78, 5) is 18.6. The summed E-state index contributed by atoms with van der Waals surface area (Å²) in [6.45, 7) is 4.19. The van der Waals surface area contributed by atoms with Gasteiger partial charge in [-0.05, 0) is 32.0 Å². The Balaban J connectivity index is 1.96. The van der Waals surface area contributed by atoms with Gasteiger partial charge in [-0.3, -0.25) is 4.79 Å². The van der Waals surface area contributed by atoms with E-state index in [1.807, 2.05) is 6.92 Å². The maximum absolute atomic E-state index is 13.5. The molecule has 1 aromatic carbocycles. The molecule has 0 aliphatic carbocycles. The average Bonchev–Trinajstić information content (AvgIpc) is 3.00. The normalized spacial score (nSPS) is 20.7. The minimum absolute atomic E-state index is 0.174. The van der Waals surface area contributed by atoms with Gasteiger partial charge in [0.15, 0.2) is 5.82 Å². The number of nitriles is 1. The van der Waals surface area contributed by atoms with E-state index in [9.17, 15) is 9.18 Å². The van der Waals surface area contributed by atoms with Crippen molar-refractivity contribution in [2.45, 2.75) is 26.0 Å². The average molecular weight is 330 g/mol. The minimum Gasteiger partial charge on any atom is -0.374 e.